The highest BCUT2D eigenvalue weighted by atomic mass is 16.5. The third-order valence-corrected chi connectivity index (χ3v) is 3.85. The van der Waals surface area contributed by atoms with Gasteiger partial charge in [-0.3, -0.25) is 14.4 Å². The molecule has 1 fully saturated rings. The van der Waals surface area contributed by atoms with Crippen molar-refractivity contribution in [1.82, 2.24) is 14.7 Å². The van der Waals surface area contributed by atoms with Crippen molar-refractivity contribution in [2.45, 2.75) is 44.8 Å². The van der Waals surface area contributed by atoms with Crippen LogP contribution in [0.15, 0.2) is 12.3 Å². The van der Waals surface area contributed by atoms with Crippen LogP contribution in [0.3, 0.4) is 0 Å². The number of aromatic nitrogens is 2. The molecule has 100 valence electrons. The van der Waals surface area contributed by atoms with Gasteiger partial charge < -0.3 is 4.74 Å². The Kier molecular flexibility index (Phi) is 4.01. The molecular weight excluding hydrogens is 230 g/mol. The Morgan fingerprint density at radius 1 is 1.67 bits per heavy atom. The van der Waals surface area contributed by atoms with Crippen LogP contribution in [0.25, 0.3) is 0 Å². The summed E-state index contributed by atoms with van der Waals surface area (Å²) >= 11 is 0. The molecule has 5 heteroatoms. The first-order valence-electron chi connectivity index (χ1n) is 6.44. The van der Waals surface area contributed by atoms with Gasteiger partial charge >= 0.3 is 5.97 Å². The molecule has 1 unspecified atom stereocenters. The van der Waals surface area contributed by atoms with Crippen LogP contribution in [0.1, 0.15) is 31.9 Å². The van der Waals surface area contributed by atoms with Crippen LogP contribution in [0, 0.1) is 0 Å². The molecule has 0 N–H and O–H groups in total. The lowest BCUT2D eigenvalue weighted by Gasteiger charge is -2.40. The van der Waals surface area contributed by atoms with Crippen LogP contribution in [0.2, 0.25) is 0 Å². The zero-order chi connectivity index (χ0) is 13.1. The maximum absolute atomic E-state index is 11.7. The van der Waals surface area contributed by atoms with E-state index in [4.69, 9.17) is 4.74 Å². The number of rotatable bonds is 5. The Morgan fingerprint density at radius 2 is 2.39 bits per heavy atom. The summed E-state index contributed by atoms with van der Waals surface area (Å²) in [6, 6.07) is 2.29. The molecule has 1 heterocycles. The van der Waals surface area contributed by atoms with Crippen molar-refractivity contribution in [3.63, 3.8) is 0 Å². The smallest absolute Gasteiger partial charge is 0.322 e. The van der Waals surface area contributed by atoms with Crippen LogP contribution in [-0.4, -0.2) is 39.8 Å². The quantitative estimate of drug-likeness (QED) is 0.741. The molecule has 0 aliphatic heterocycles. The predicted molar refractivity (Wildman–Crippen MR) is 67.9 cm³/mol. The molecule has 0 saturated heterocycles. The number of methoxy groups -OCH3 is 1. The van der Waals surface area contributed by atoms with E-state index < -0.39 is 0 Å². The third kappa shape index (κ3) is 2.56. The molecule has 1 atom stereocenters. The first-order chi connectivity index (χ1) is 8.63. The number of ether oxygens (including phenoxy) is 1. The Hall–Kier alpha value is -1.36. The lowest BCUT2D eigenvalue weighted by molar-refractivity contribution is -0.148. The zero-order valence-electron chi connectivity index (χ0n) is 11.3. The fraction of sp³-hybridized carbons (Fsp3) is 0.692. The van der Waals surface area contributed by atoms with Crippen LogP contribution in [0.5, 0.6) is 0 Å². The molecule has 5 nitrogen and oxygen atoms in total. The first-order valence-corrected chi connectivity index (χ1v) is 6.44. The van der Waals surface area contributed by atoms with Gasteiger partial charge in [0.15, 0.2) is 0 Å². The van der Waals surface area contributed by atoms with E-state index in [0.717, 1.165) is 12.2 Å². The Morgan fingerprint density at radius 3 is 2.83 bits per heavy atom. The van der Waals surface area contributed by atoms with Gasteiger partial charge in [0.05, 0.1) is 12.8 Å². The van der Waals surface area contributed by atoms with E-state index in [1.165, 1.54) is 26.4 Å². The summed E-state index contributed by atoms with van der Waals surface area (Å²) in [5.41, 5.74) is 1.12. The maximum atomic E-state index is 11.7. The molecular formula is C13H21N3O2. The van der Waals surface area contributed by atoms with Crippen LogP contribution >= 0.6 is 0 Å². The topological polar surface area (TPSA) is 47.4 Å². The molecule has 1 aromatic heterocycles. The number of esters is 1. The molecule has 1 saturated carbocycles. The minimum atomic E-state index is -0.199. The van der Waals surface area contributed by atoms with Crippen molar-refractivity contribution in [2.75, 3.05) is 7.11 Å². The van der Waals surface area contributed by atoms with Gasteiger partial charge in [-0.15, -0.1) is 0 Å². The van der Waals surface area contributed by atoms with Crippen LogP contribution in [0.4, 0.5) is 0 Å². The number of carbonyl (C=O) groups is 1. The summed E-state index contributed by atoms with van der Waals surface area (Å²) in [7, 11) is 3.37. The van der Waals surface area contributed by atoms with Gasteiger partial charge in [-0.1, -0.05) is 6.42 Å². The lowest BCUT2D eigenvalue weighted by Crippen LogP contribution is -2.48. The average molecular weight is 251 g/mol. The number of hydrogen-bond donors (Lipinski definition) is 0. The van der Waals surface area contributed by atoms with Crippen molar-refractivity contribution in [3.05, 3.63) is 18.0 Å². The molecule has 0 bridgehead atoms. The van der Waals surface area contributed by atoms with Crippen LogP contribution in [-0.2, 0) is 23.1 Å². The number of nitrogens with zero attached hydrogens (tertiary/aromatic N) is 3. The first kappa shape index (κ1) is 13.1. The van der Waals surface area contributed by atoms with Gasteiger partial charge in [0.1, 0.15) is 6.04 Å². The summed E-state index contributed by atoms with van der Waals surface area (Å²) < 4.78 is 6.71. The molecule has 1 aromatic rings. The van der Waals surface area contributed by atoms with E-state index in [1.54, 1.807) is 6.20 Å². The highest BCUT2D eigenvalue weighted by molar-refractivity contribution is 5.75. The molecule has 0 amide bonds. The van der Waals surface area contributed by atoms with Crippen molar-refractivity contribution in [3.8, 4) is 0 Å². The molecule has 0 spiro atoms. The fourth-order valence-electron chi connectivity index (χ4n) is 2.35. The van der Waals surface area contributed by atoms with E-state index in [1.807, 2.05) is 24.7 Å². The monoisotopic (exact) mass is 251 g/mol. The Bertz CT molecular complexity index is 412. The van der Waals surface area contributed by atoms with E-state index in [9.17, 15) is 4.79 Å². The van der Waals surface area contributed by atoms with Gasteiger partial charge in [0, 0.05) is 25.8 Å². The molecule has 0 aromatic carbocycles. The second kappa shape index (κ2) is 5.52. The SMILES string of the molecule is COC(=O)C(C)N(Cc1ccnn1C)C1CCC1. The number of hydrogen-bond acceptors (Lipinski definition) is 4. The second-order valence-corrected chi connectivity index (χ2v) is 4.90. The predicted octanol–water partition coefficient (Wildman–Crippen LogP) is 1.34. The van der Waals surface area contributed by atoms with Gasteiger partial charge in [-0.2, -0.15) is 5.10 Å². The summed E-state index contributed by atoms with van der Waals surface area (Å²) in [5.74, 6) is -0.163. The van der Waals surface area contributed by atoms with E-state index in [0.29, 0.717) is 6.04 Å². The van der Waals surface area contributed by atoms with Crippen LogP contribution < -0.4 is 0 Å². The third-order valence-electron chi connectivity index (χ3n) is 3.85. The number of carbonyl (C=O) groups excluding carboxylic acids is 1. The fourth-order valence-corrected chi connectivity index (χ4v) is 2.35. The molecule has 18 heavy (non-hydrogen) atoms. The summed E-state index contributed by atoms with van der Waals surface area (Å²) in [5, 5.41) is 4.17. The largest absolute Gasteiger partial charge is 0.468 e. The van der Waals surface area contributed by atoms with Crippen molar-refractivity contribution in [2.24, 2.45) is 7.05 Å². The second-order valence-electron chi connectivity index (χ2n) is 4.90. The lowest BCUT2D eigenvalue weighted by atomic mass is 9.90. The summed E-state index contributed by atoms with van der Waals surface area (Å²) in [6.45, 7) is 2.66. The minimum absolute atomic E-state index is 0.163. The van der Waals surface area contributed by atoms with E-state index >= 15 is 0 Å². The van der Waals surface area contributed by atoms with Gasteiger partial charge in [0.2, 0.25) is 0 Å². The van der Waals surface area contributed by atoms with Crippen molar-refractivity contribution < 1.29 is 9.53 Å². The molecule has 2 rings (SSSR count). The van der Waals surface area contributed by atoms with Gasteiger partial charge in [-0.25, -0.2) is 0 Å². The van der Waals surface area contributed by atoms with E-state index in [-0.39, 0.29) is 12.0 Å². The minimum Gasteiger partial charge on any atom is -0.468 e. The molecule has 1 aliphatic carbocycles. The van der Waals surface area contributed by atoms with E-state index in [2.05, 4.69) is 10.00 Å². The van der Waals surface area contributed by atoms with Gasteiger partial charge in [0.25, 0.3) is 0 Å². The Balaban J connectivity index is 2.10. The average Bonchev–Trinajstić information content (AvgIpc) is 2.70. The summed E-state index contributed by atoms with van der Waals surface area (Å²) in [4.78, 5) is 14.0. The highest BCUT2D eigenvalue weighted by Gasteiger charge is 2.32. The van der Waals surface area contributed by atoms with Crippen molar-refractivity contribution in [1.29, 1.82) is 0 Å². The normalized spacial score (nSPS) is 17.6. The van der Waals surface area contributed by atoms with Crippen molar-refractivity contribution >= 4 is 5.97 Å². The number of aryl methyl sites for hydroxylation is 1. The molecule has 0 radical (unpaired) electrons. The summed E-state index contributed by atoms with van der Waals surface area (Å²) in [6.07, 6.45) is 5.37. The highest BCUT2D eigenvalue weighted by Crippen LogP contribution is 2.28. The zero-order valence-corrected chi connectivity index (χ0v) is 11.3. The van der Waals surface area contributed by atoms with Gasteiger partial charge in [-0.05, 0) is 25.8 Å². The maximum Gasteiger partial charge on any atom is 0.322 e. The molecule has 1 aliphatic rings. The standard InChI is InChI=1S/C13H21N3O2/c1-10(13(17)18-3)16(11-5-4-6-11)9-12-7-8-14-15(12)2/h7-8,10-11H,4-6,9H2,1-3H3. The Labute approximate surface area is 108 Å².